The third-order valence-corrected chi connectivity index (χ3v) is 5.83. The molecule has 2 aliphatic carbocycles. The quantitative estimate of drug-likeness (QED) is 0.235. The van der Waals surface area contributed by atoms with Gasteiger partial charge in [-0.25, -0.2) is 0 Å². The zero-order valence-corrected chi connectivity index (χ0v) is 22.3. The first kappa shape index (κ1) is 26.8. The van der Waals surface area contributed by atoms with E-state index < -0.39 is 11.3 Å². The van der Waals surface area contributed by atoms with E-state index in [-0.39, 0.29) is 11.1 Å². The maximum atomic E-state index is 5.55. The summed E-state index contributed by atoms with van der Waals surface area (Å²) >= 11 is 11.1. The summed E-state index contributed by atoms with van der Waals surface area (Å²) in [5, 5.41) is 26.1. The Balaban J connectivity index is 1.96. The Morgan fingerprint density at radius 1 is 0.594 bits per heavy atom. The van der Waals surface area contributed by atoms with Gasteiger partial charge in [-0.05, 0) is 117 Å². The molecule has 2 saturated carbocycles. The summed E-state index contributed by atoms with van der Waals surface area (Å²) in [7, 11) is 0. The normalized spacial score (nSPS) is 21.3. The predicted octanol–water partition coefficient (Wildman–Crippen LogP) is 5.65. The molecule has 0 aromatic rings. The van der Waals surface area contributed by atoms with Gasteiger partial charge in [-0.3, -0.25) is 10.9 Å². The summed E-state index contributed by atoms with van der Waals surface area (Å²) in [6.45, 7) is 12.3. The summed E-state index contributed by atoms with van der Waals surface area (Å²) in [4.78, 5) is 0. The SMILES string of the molecule is CC(C)(C)N=NC1(NC(=S)NNC(=S)NC2(N=NC(C)(C)C)CCCCC2)CCCCC1. The van der Waals surface area contributed by atoms with Crippen molar-refractivity contribution in [3.8, 4) is 0 Å². The molecule has 0 atom stereocenters. The molecule has 4 N–H and O–H groups in total. The Kier molecular flexibility index (Phi) is 9.34. The van der Waals surface area contributed by atoms with E-state index in [1.165, 1.54) is 12.8 Å². The minimum absolute atomic E-state index is 0.221. The number of rotatable bonds is 4. The Labute approximate surface area is 204 Å². The highest BCUT2D eigenvalue weighted by Gasteiger charge is 2.35. The summed E-state index contributed by atoms with van der Waals surface area (Å²) in [6.07, 6.45) is 10.5. The van der Waals surface area contributed by atoms with Gasteiger partial charge >= 0.3 is 0 Å². The van der Waals surface area contributed by atoms with Crippen LogP contribution < -0.4 is 21.5 Å². The second kappa shape index (κ2) is 11.1. The highest BCUT2D eigenvalue weighted by molar-refractivity contribution is 7.80. The molecular formula is C22H42N8S2. The fourth-order valence-corrected chi connectivity index (χ4v) is 4.35. The van der Waals surface area contributed by atoms with Crippen LogP contribution in [-0.2, 0) is 0 Å². The van der Waals surface area contributed by atoms with Crippen LogP contribution in [0.3, 0.4) is 0 Å². The van der Waals surface area contributed by atoms with Crippen molar-refractivity contribution in [2.75, 3.05) is 0 Å². The summed E-state index contributed by atoms with van der Waals surface area (Å²) < 4.78 is 0. The number of nitrogens with zero attached hydrogens (tertiary/aromatic N) is 4. The molecule has 0 bridgehead atoms. The molecule has 0 heterocycles. The van der Waals surface area contributed by atoms with E-state index >= 15 is 0 Å². The van der Waals surface area contributed by atoms with Crippen molar-refractivity contribution in [2.45, 2.75) is 128 Å². The smallest absolute Gasteiger partial charge is 0.187 e. The van der Waals surface area contributed by atoms with Crippen LogP contribution in [0, 0.1) is 0 Å². The van der Waals surface area contributed by atoms with Gasteiger partial charge in [0.2, 0.25) is 0 Å². The summed E-state index contributed by atoms with van der Waals surface area (Å²) in [5.74, 6) is 0. The van der Waals surface area contributed by atoms with Crippen molar-refractivity contribution in [3.63, 3.8) is 0 Å². The maximum Gasteiger partial charge on any atom is 0.187 e. The lowest BCUT2D eigenvalue weighted by molar-refractivity contribution is 0.252. The van der Waals surface area contributed by atoms with E-state index in [0.717, 1.165) is 51.4 Å². The van der Waals surface area contributed by atoms with Crippen LogP contribution in [0.4, 0.5) is 0 Å². The van der Waals surface area contributed by atoms with E-state index in [4.69, 9.17) is 24.4 Å². The Morgan fingerprint density at radius 3 is 1.19 bits per heavy atom. The van der Waals surface area contributed by atoms with E-state index in [1.807, 2.05) is 41.5 Å². The summed E-state index contributed by atoms with van der Waals surface area (Å²) in [5.41, 5.74) is 4.68. The fraction of sp³-hybridized carbons (Fsp3) is 0.909. The van der Waals surface area contributed by atoms with Gasteiger partial charge in [-0.15, -0.1) is 0 Å². The topological polar surface area (TPSA) is 97.6 Å². The molecule has 0 spiro atoms. The zero-order chi connectivity index (χ0) is 23.9. The van der Waals surface area contributed by atoms with E-state index in [2.05, 4.69) is 41.9 Å². The van der Waals surface area contributed by atoms with Gasteiger partial charge in [0.25, 0.3) is 0 Å². The zero-order valence-electron chi connectivity index (χ0n) is 20.7. The highest BCUT2D eigenvalue weighted by atomic mass is 32.1. The number of hydrogen-bond acceptors (Lipinski definition) is 6. The van der Waals surface area contributed by atoms with Crippen molar-refractivity contribution in [2.24, 2.45) is 20.5 Å². The number of hydrazine groups is 1. The molecular weight excluding hydrogens is 440 g/mol. The Hall–Kier alpha value is -1.42. The molecule has 0 aromatic carbocycles. The van der Waals surface area contributed by atoms with Gasteiger partial charge in [0.05, 0.1) is 11.1 Å². The molecule has 0 amide bonds. The minimum atomic E-state index is -0.460. The molecule has 2 rings (SSSR count). The van der Waals surface area contributed by atoms with Crippen LogP contribution in [0.25, 0.3) is 0 Å². The molecule has 182 valence electrons. The van der Waals surface area contributed by atoms with E-state index in [0.29, 0.717) is 10.2 Å². The monoisotopic (exact) mass is 482 g/mol. The van der Waals surface area contributed by atoms with Crippen molar-refractivity contribution < 1.29 is 0 Å². The molecule has 0 aromatic heterocycles. The van der Waals surface area contributed by atoms with E-state index in [1.54, 1.807) is 0 Å². The molecule has 10 heteroatoms. The molecule has 2 aliphatic rings. The van der Waals surface area contributed by atoms with Crippen LogP contribution in [0.5, 0.6) is 0 Å². The lowest BCUT2D eigenvalue weighted by Gasteiger charge is -2.36. The number of hydrogen-bond donors (Lipinski definition) is 4. The highest BCUT2D eigenvalue weighted by Crippen LogP contribution is 2.32. The van der Waals surface area contributed by atoms with Gasteiger partial charge in [0.15, 0.2) is 21.6 Å². The molecule has 8 nitrogen and oxygen atoms in total. The second-order valence-corrected chi connectivity index (χ2v) is 11.9. The van der Waals surface area contributed by atoms with Crippen LogP contribution in [0.1, 0.15) is 106 Å². The van der Waals surface area contributed by atoms with Crippen molar-refractivity contribution in [3.05, 3.63) is 0 Å². The van der Waals surface area contributed by atoms with Gasteiger partial charge in [0, 0.05) is 0 Å². The first-order chi connectivity index (χ1) is 14.8. The average Bonchev–Trinajstić information content (AvgIpc) is 2.70. The third-order valence-electron chi connectivity index (χ3n) is 5.43. The standard InChI is InChI=1S/C22H42N8S2/c1-19(2,3)27-29-21(13-9-7-10-14-21)23-17(31)25-26-18(32)24-22(15-11-8-12-16-22)30-28-20(4,5)6/h7-16H2,1-6H3,(H2,23,25,31)(H2,24,26,32). The second-order valence-electron chi connectivity index (χ2n) is 11.1. The van der Waals surface area contributed by atoms with Crippen LogP contribution in [-0.4, -0.2) is 32.6 Å². The first-order valence-corrected chi connectivity index (χ1v) is 12.7. The van der Waals surface area contributed by atoms with Gasteiger partial charge in [-0.1, -0.05) is 12.8 Å². The van der Waals surface area contributed by atoms with Crippen molar-refractivity contribution in [1.82, 2.24) is 21.5 Å². The van der Waals surface area contributed by atoms with Crippen LogP contribution >= 0.6 is 24.4 Å². The predicted molar refractivity (Wildman–Crippen MR) is 139 cm³/mol. The van der Waals surface area contributed by atoms with Gasteiger partial charge in [0.1, 0.15) is 0 Å². The number of azo groups is 2. The Morgan fingerprint density at radius 2 is 0.906 bits per heavy atom. The molecule has 2 fully saturated rings. The lowest BCUT2D eigenvalue weighted by atomic mass is 9.89. The van der Waals surface area contributed by atoms with Crippen LogP contribution in [0.2, 0.25) is 0 Å². The summed E-state index contributed by atoms with van der Waals surface area (Å²) in [6, 6.07) is 0. The van der Waals surface area contributed by atoms with Crippen molar-refractivity contribution in [1.29, 1.82) is 0 Å². The molecule has 0 saturated heterocycles. The lowest BCUT2D eigenvalue weighted by Crippen LogP contribution is -2.59. The maximum absolute atomic E-state index is 5.55. The van der Waals surface area contributed by atoms with E-state index in [9.17, 15) is 0 Å². The fourth-order valence-electron chi connectivity index (χ4n) is 3.86. The average molecular weight is 483 g/mol. The van der Waals surface area contributed by atoms with Crippen LogP contribution in [0.15, 0.2) is 20.5 Å². The third kappa shape index (κ3) is 9.60. The molecule has 0 aliphatic heterocycles. The van der Waals surface area contributed by atoms with Gasteiger partial charge in [-0.2, -0.15) is 20.5 Å². The Bertz CT molecular complexity index is 634. The molecule has 0 unspecified atom stereocenters. The number of thiocarbonyl (C=S) groups is 2. The number of nitrogens with one attached hydrogen (secondary N) is 4. The molecule has 32 heavy (non-hydrogen) atoms. The first-order valence-electron chi connectivity index (χ1n) is 11.9. The van der Waals surface area contributed by atoms with Crippen molar-refractivity contribution >= 4 is 34.7 Å². The molecule has 0 radical (unpaired) electrons. The van der Waals surface area contributed by atoms with Gasteiger partial charge < -0.3 is 10.6 Å². The minimum Gasteiger partial charge on any atom is -0.336 e. The largest absolute Gasteiger partial charge is 0.336 e.